The molecule has 1 aromatic heterocycles. The predicted molar refractivity (Wildman–Crippen MR) is 96.6 cm³/mol. The Bertz CT molecular complexity index is 912. The fraction of sp³-hybridized carbons (Fsp3) is 0.300. The maximum atomic E-state index is 12.4. The zero-order chi connectivity index (χ0) is 17.3. The molecule has 2 aromatic carbocycles. The van der Waals surface area contributed by atoms with Gasteiger partial charge in [0.25, 0.3) is 0 Å². The van der Waals surface area contributed by atoms with Gasteiger partial charge >= 0.3 is 0 Å². The first-order chi connectivity index (χ1) is 12.2. The fourth-order valence-electron chi connectivity index (χ4n) is 3.39. The summed E-state index contributed by atoms with van der Waals surface area (Å²) in [5.74, 6) is 0.902. The average Bonchev–Trinajstić information content (AvgIpc) is 3.35. The molecule has 1 amide bonds. The highest BCUT2D eigenvalue weighted by molar-refractivity contribution is 5.80. The second-order valence-electron chi connectivity index (χ2n) is 6.62. The molecule has 0 spiro atoms. The van der Waals surface area contributed by atoms with Crippen molar-refractivity contribution in [1.29, 1.82) is 0 Å². The maximum absolute atomic E-state index is 12.4. The molecule has 0 radical (unpaired) electrons. The summed E-state index contributed by atoms with van der Waals surface area (Å²) in [5.41, 5.74) is 3.08. The summed E-state index contributed by atoms with van der Waals surface area (Å²) in [6, 6.07) is 15.9. The number of nitrogens with one attached hydrogen (secondary N) is 1. The molecular formula is C20H21N3O2. The Morgan fingerprint density at radius 2 is 1.96 bits per heavy atom. The van der Waals surface area contributed by atoms with E-state index in [2.05, 4.69) is 16.4 Å². The first-order valence-corrected chi connectivity index (χ1v) is 8.52. The van der Waals surface area contributed by atoms with Gasteiger partial charge in [-0.3, -0.25) is 4.79 Å². The smallest absolute Gasteiger partial charge is 0.240 e. The molecule has 0 unspecified atom stereocenters. The van der Waals surface area contributed by atoms with E-state index in [4.69, 9.17) is 4.74 Å². The molecule has 1 aliphatic rings. The van der Waals surface area contributed by atoms with Crippen LogP contribution >= 0.6 is 0 Å². The van der Waals surface area contributed by atoms with E-state index in [1.165, 1.54) is 5.56 Å². The summed E-state index contributed by atoms with van der Waals surface area (Å²) >= 11 is 0. The number of hydrogen-bond donors (Lipinski definition) is 1. The van der Waals surface area contributed by atoms with Crippen LogP contribution in [0.3, 0.4) is 0 Å². The molecule has 1 fully saturated rings. The molecule has 1 aliphatic carbocycles. The first kappa shape index (κ1) is 15.7. The van der Waals surface area contributed by atoms with Crippen LogP contribution in [0.4, 0.5) is 0 Å². The molecule has 0 saturated heterocycles. The molecule has 1 N–H and O–H groups in total. The van der Waals surface area contributed by atoms with Crippen molar-refractivity contribution in [2.75, 3.05) is 13.7 Å². The second kappa shape index (κ2) is 6.24. The topological polar surface area (TPSA) is 56.1 Å². The summed E-state index contributed by atoms with van der Waals surface area (Å²) in [4.78, 5) is 16.8. The highest BCUT2D eigenvalue weighted by Gasteiger charge is 2.46. The van der Waals surface area contributed by atoms with Crippen LogP contribution in [-0.4, -0.2) is 29.1 Å². The largest absolute Gasteiger partial charge is 0.496 e. The third kappa shape index (κ3) is 2.97. The van der Waals surface area contributed by atoms with Gasteiger partial charge in [0.1, 0.15) is 12.3 Å². The lowest BCUT2D eigenvalue weighted by Gasteiger charge is -2.19. The van der Waals surface area contributed by atoms with Crippen LogP contribution < -0.4 is 10.1 Å². The maximum Gasteiger partial charge on any atom is 0.240 e. The Balaban J connectivity index is 1.44. The third-order valence-corrected chi connectivity index (χ3v) is 5.00. The van der Waals surface area contributed by atoms with Gasteiger partial charge < -0.3 is 14.6 Å². The number of carbonyl (C=O) groups excluding carboxylic acids is 1. The molecule has 5 heteroatoms. The number of hydrogen-bond acceptors (Lipinski definition) is 3. The van der Waals surface area contributed by atoms with Crippen LogP contribution in [0.25, 0.3) is 11.0 Å². The monoisotopic (exact) mass is 335 g/mol. The number of carbonyl (C=O) groups is 1. The van der Waals surface area contributed by atoms with Crippen LogP contribution in [0.1, 0.15) is 18.4 Å². The number of para-hydroxylation sites is 3. The SMILES string of the molecule is COc1ccccc1C1(CNC(=O)Cn2cnc3ccccc32)CC1. The van der Waals surface area contributed by atoms with Crippen molar-refractivity contribution in [3.63, 3.8) is 0 Å². The van der Waals surface area contributed by atoms with E-state index in [1.807, 2.05) is 47.0 Å². The Morgan fingerprint density at radius 1 is 1.20 bits per heavy atom. The number of rotatable bonds is 6. The van der Waals surface area contributed by atoms with Crippen molar-refractivity contribution in [3.05, 3.63) is 60.4 Å². The number of imidazole rings is 1. The van der Waals surface area contributed by atoms with Gasteiger partial charge in [0.05, 0.1) is 24.5 Å². The molecule has 0 aliphatic heterocycles. The quantitative estimate of drug-likeness (QED) is 0.753. The molecule has 0 bridgehead atoms. The minimum atomic E-state index is 0.00401. The Morgan fingerprint density at radius 3 is 2.76 bits per heavy atom. The minimum absolute atomic E-state index is 0.00401. The van der Waals surface area contributed by atoms with Crippen LogP contribution in [0.2, 0.25) is 0 Å². The lowest BCUT2D eigenvalue weighted by atomic mass is 9.95. The number of amides is 1. The summed E-state index contributed by atoms with van der Waals surface area (Å²) in [5, 5.41) is 3.10. The van der Waals surface area contributed by atoms with Crippen LogP contribution in [-0.2, 0) is 16.8 Å². The zero-order valence-electron chi connectivity index (χ0n) is 14.2. The van der Waals surface area contributed by atoms with E-state index in [0.717, 1.165) is 29.6 Å². The van der Waals surface area contributed by atoms with Gasteiger partial charge in [0.15, 0.2) is 0 Å². The van der Waals surface area contributed by atoms with Crippen molar-refractivity contribution >= 4 is 16.9 Å². The van der Waals surface area contributed by atoms with Crippen molar-refractivity contribution in [2.24, 2.45) is 0 Å². The van der Waals surface area contributed by atoms with Crippen molar-refractivity contribution in [1.82, 2.24) is 14.9 Å². The number of methoxy groups -OCH3 is 1. The number of benzene rings is 2. The molecule has 3 aromatic rings. The molecular weight excluding hydrogens is 314 g/mol. The number of nitrogens with zero attached hydrogens (tertiary/aromatic N) is 2. The van der Waals surface area contributed by atoms with Gasteiger partial charge in [-0.05, 0) is 31.0 Å². The Labute approximate surface area is 146 Å². The fourth-order valence-corrected chi connectivity index (χ4v) is 3.39. The third-order valence-electron chi connectivity index (χ3n) is 5.00. The van der Waals surface area contributed by atoms with Gasteiger partial charge in [0.2, 0.25) is 5.91 Å². The summed E-state index contributed by atoms with van der Waals surface area (Å²) < 4.78 is 7.37. The van der Waals surface area contributed by atoms with Crippen LogP contribution in [0.5, 0.6) is 5.75 Å². The molecule has 4 rings (SSSR count). The molecule has 128 valence electrons. The molecule has 1 saturated carbocycles. The standard InChI is InChI=1S/C20H21N3O2/c1-25-18-9-5-2-6-15(18)20(10-11-20)13-21-19(24)12-23-14-22-16-7-3-4-8-17(16)23/h2-9,14H,10-13H2,1H3,(H,21,24). The van der Waals surface area contributed by atoms with Gasteiger partial charge in [0, 0.05) is 17.5 Å². The van der Waals surface area contributed by atoms with Gasteiger partial charge in [-0.15, -0.1) is 0 Å². The van der Waals surface area contributed by atoms with E-state index < -0.39 is 0 Å². The van der Waals surface area contributed by atoms with E-state index in [1.54, 1.807) is 13.4 Å². The number of ether oxygens (including phenoxy) is 1. The minimum Gasteiger partial charge on any atom is -0.496 e. The van der Waals surface area contributed by atoms with Crippen molar-refractivity contribution in [3.8, 4) is 5.75 Å². The molecule has 25 heavy (non-hydrogen) atoms. The predicted octanol–water partition coefficient (Wildman–Crippen LogP) is 2.89. The van der Waals surface area contributed by atoms with E-state index in [9.17, 15) is 4.79 Å². The zero-order valence-corrected chi connectivity index (χ0v) is 14.2. The summed E-state index contributed by atoms with van der Waals surface area (Å²) in [6.07, 6.45) is 3.86. The van der Waals surface area contributed by atoms with Crippen molar-refractivity contribution < 1.29 is 9.53 Å². The van der Waals surface area contributed by atoms with Gasteiger partial charge in [-0.1, -0.05) is 30.3 Å². The van der Waals surface area contributed by atoms with E-state index >= 15 is 0 Å². The lowest BCUT2D eigenvalue weighted by molar-refractivity contribution is -0.121. The summed E-state index contributed by atoms with van der Waals surface area (Å²) in [7, 11) is 1.69. The Hall–Kier alpha value is -2.82. The van der Waals surface area contributed by atoms with E-state index in [0.29, 0.717) is 6.54 Å². The molecule has 5 nitrogen and oxygen atoms in total. The molecule has 0 atom stereocenters. The van der Waals surface area contributed by atoms with Crippen LogP contribution in [0, 0.1) is 0 Å². The Kier molecular flexibility index (Phi) is 3.92. The van der Waals surface area contributed by atoms with Crippen molar-refractivity contribution in [2.45, 2.75) is 24.8 Å². The normalized spacial score (nSPS) is 15.1. The van der Waals surface area contributed by atoms with Crippen LogP contribution in [0.15, 0.2) is 54.9 Å². The summed E-state index contributed by atoms with van der Waals surface area (Å²) in [6.45, 7) is 0.918. The van der Waals surface area contributed by atoms with Gasteiger partial charge in [-0.25, -0.2) is 4.98 Å². The second-order valence-corrected chi connectivity index (χ2v) is 6.62. The number of aromatic nitrogens is 2. The highest BCUT2D eigenvalue weighted by Crippen LogP contribution is 2.50. The average molecular weight is 335 g/mol. The molecule has 1 heterocycles. The van der Waals surface area contributed by atoms with E-state index in [-0.39, 0.29) is 17.9 Å². The lowest BCUT2D eigenvalue weighted by Crippen LogP contribution is -2.34. The number of fused-ring (bicyclic) bond motifs is 1. The first-order valence-electron chi connectivity index (χ1n) is 8.52. The van der Waals surface area contributed by atoms with Gasteiger partial charge in [-0.2, -0.15) is 0 Å². The highest BCUT2D eigenvalue weighted by atomic mass is 16.5.